The van der Waals surface area contributed by atoms with Gasteiger partial charge in [-0.3, -0.25) is 0 Å². The van der Waals surface area contributed by atoms with Crippen LogP contribution in [0.4, 0.5) is 5.69 Å². The molecule has 0 aliphatic rings. The normalized spacial score (nSPS) is 10.4. The zero-order chi connectivity index (χ0) is 12.1. The van der Waals surface area contributed by atoms with E-state index < -0.39 is 0 Å². The molecule has 4 nitrogen and oxygen atoms in total. The summed E-state index contributed by atoms with van der Waals surface area (Å²) in [5, 5.41) is 3.66. The van der Waals surface area contributed by atoms with Crippen LogP contribution in [0.5, 0.6) is 5.75 Å². The smallest absolute Gasteiger partial charge is 0.146 e. The quantitative estimate of drug-likeness (QED) is 0.653. The molecule has 0 radical (unpaired) electrons. The van der Waals surface area contributed by atoms with Gasteiger partial charge in [-0.25, -0.2) is 0 Å². The van der Waals surface area contributed by atoms with Crippen molar-refractivity contribution in [2.75, 3.05) is 12.3 Å². The van der Waals surface area contributed by atoms with E-state index in [0.717, 1.165) is 22.1 Å². The van der Waals surface area contributed by atoms with Crippen LogP contribution >= 0.6 is 11.8 Å². The maximum absolute atomic E-state index is 5.90. The van der Waals surface area contributed by atoms with Crippen LogP contribution in [0.3, 0.4) is 0 Å². The predicted molar refractivity (Wildman–Crippen MR) is 68.1 cm³/mol. The molecule has 0 saturated carbocycles. The first-order chi connectivity index (χ1) is 8.29. The average molecular weight is 250 g/mol. The second-order valence-electron chi connectivity index (χ2n) is 3.40. The molecule has 0 bridgehead atoms. The summed E-state index contributed by atoms with van der Waals surface area (Å²) < 4.78 is 10.5. The number of benzene rings is 1. The summed E-state index contributed by atoms with van der Waals surface area (Å²) in [6.45, 7) is 2.60. The van der Waals surface area contributed by atoms with Gasteiger partial charge in [0.05, 0.1) is 18.6 Å². The monoisotopic (exact) mass is 250 g/mol. The van der Waals surface area contributed by atoms with E-state index in [1.807, 2.05) is 31.2 Å². The van der Waals surface area contributed by atoms with Crippen LogP contribution in [0, 0.1) is 0 Å². The third kappa shape index (κ3) is 3.17. The molecule has 2 aromatic rings. The topological polar surface area (TPSA) is 61.3 Å². The molecule has 0 saturated heterocycles. The van der Waals surface area contributed by atoms with Gasteiger partial charge in [-0.15, -0.1) is 11.8 Å². The lowest BCUT2D eigenvalue weighted by molar-refractivity contribution is 0.339. The van der Waals surface area contributed by atoms with Crippen molar-refractivity contribution in [1.82, 2.24) is 5.16 Å². The number of ether oxygens (including phenoxy) is 1. The van der Waals surface area contributed by atoms with Crippen molar-refractivity contribution in [2.24, 2.45) is 0 Å². The van der Waals surface area contributed by atoms with E-state index >= 15 is 0 Å². The zero-order valence-electron chi connectivity index (χ0n) is 9.55. The van der Waals surface area contributed by atoms with Gasteiger partial charge in [0.15, 0.2) is 0 Å². The number of hydrogen-bond acceptors (Lipinski definition) is 5. The third-order valence-electron chi connectivity index (χ3n) is 2.16. The van der Waals surface area contributed by atoms with Gasteiger partial charge in [0.2, 0.25) is 0 Å². The highest BCUT2D eigenvalue weighted by Crippen LogP contribution is 2.31. The Morgan fingerprint density at radius 1 is 1.41 bits per heavy atom. The Morgan fingerprint density at radius 2 is 2.29 bits per heavy atom. The van der Waals surface area contributed by atoms with Crippen LogP contribution in [0.2, 0.25) is 0 Å². The lowest BCUT2D eigenvalue weighted by atomic mass is 10.3. The molecule has 0 spiro atoms. The summed E-state index contributed by atoms with van der Waals surface area (Å²) in [4.78, 5) is 0.993. The molecule has 5 heteroatoms. The first-order valence-corrected chi connectivity index (χ1v) is 6.33. The largest absolute Gasteiger partial charge is 0.494 e. The molecule has 0 unspecified atom stereocenters. The van der Waals surface area contributed by atoms with Crippen molar-refractivity contribution in [3.63, 3.8) is 0 Å². The van der Waals surface area contributed by atoms with Crippen LogP contribution < -0.4 is 10.5 Å². The Morgan fingerprint density at radius 3 is 3.00 bits per heavy atom. The minimum Gasteiger partial charge on any atom is -0.494 e. The van der Waals surface area contributed by atoms with E-state index in [1.165, 1.54) is 0 Å². The Labute approximate surface area is 104 Å². The molecule has 1 aromatic heterocycles. The molecule has 1 aromatic carbocycles. The highest BCUT2D eigenvalue weighted by Gasteiger charge is 2.05. The third-order valence-corrected chi connectivity index (χ3v) is 3.25. The van der Waals surface area contributed by atoms with E-state index in [4.69, 9.17) is 15.0 Å². The SMILES string of the molecule is CCOc1ccc(N)c(SCc2ccno2)c1. The molecule has 17 heavy (non-hydrogen) atoms. The number of nitrogens with zero attached hydrogens (tertiary/aromatic N) is 1. The van der Waals surface area contributed by atoms with Crippen LogP contribution in [0.25, 0.3) is 0 Å². The lowest BCUT2D eigenvalue weighted by Crippen LogP contribution is -1.94. The molecule has 0 aliphatic carbocycles. The summed E-state index contributed by atoms with van der Waals surface area (Å²) in [5.74, 6) is 2.37. The van der Waals surface area contributed by atoms with Gasteiger partial charge in [0.1, 0.15) is 11.5 Å². The fourth-order valence-electron chi connectivity index (χ4n) is 1.36. The molecule has 0 atom stereocenters. The Balaban J connectivity index is 2.06. The standard InChI is InChI=1S/C12H14N2O2S/c1-2-15-9-3-4-11(13)12(7-9)17-8-10-5-6-14-16-10/h3-7H,2,8,13H2,1H3. The molecule has 2 rings (SSSR count). The van der Waals surface area contributed by atoms with E-state index in [1.54, 1.807) is 18.0 Å². The van der Waals surface area contributed by atoms with Gasteiger partial charge >= 0.3 is 0 Å². The summed E-state index contributed by atoms with van der Waals surface area (Å²) in [6, 6.07) is 7.51. The van der Waals surface area contributed by atoms with Crippen molar-refractivity contribution in [3.8, 4) is 5.75 Å². The summed E-state index contributed by atoms with van der Waals surface area (Å²) in [6.07, 6.45) is 1.63. The van der Waals surface area contributed by atoms with Gasteiger partial charge < -0.3 is 15.0 Å². The number of nitrogen functional groups attached to an aromatic ring is 1. The molecule has 2 N–H and O–H groups in total. The number of nitrogens with two attached hydrogens (primary N) is 1. The van der Waals surface area contributed by atoms with E-state index in [2.05, 4.69) is 5.16 Å². The second kappa shape index (κ2) is 5.63. The van der Waals surface area contributed by atoms with Crippen molar-refractivity contribution < 1.29 is 9.26 Å². The first kappa shape index (κ1) is 11.9. The van der Waals surface area contributed by atoms with Gasteiger partial charge in [-0.1, -0.05) is 5.16 Å². The predicted octanol–water partition coefficient (Wildman–Crippen LogP) is 2.95. The number of rotatable bonds is 5. The van der Waals surface area contributed by atoms with Crippen molar-refractivity contribution in [2.45, 2.75) is 17.6 Å². The number of hydrogen-bond donors (Lipinski definition) is 1. The van der Waals surface area contributed by atoms with Crippen LogP contribution in [-0.4, -0.2) is 11.8 Å². The van der Waals surface area contributed by atoms with Crippen LogP contribution in [0.1, 0.15) is 12.7 Å². The Bertz CT molecular complexity index is 471. The Hall–Kier alpha value is -1.62. The average Bonchev–Trinajstić information content (AvgIpc) is 2.83. The van der Waals surface area contributed by atoms with Gasteiger partial charge in [-0.05, 0) is 25.1 Å². The molecule has 1 heterocycles. The molecule has 0 aliphatic heterocycles. The van der Waals surface area contributed by atoms with E-state index in [-0.39, 0.29) is 0 Å². The second-order valence-corrected chi connectivity index (χ2v) is 4.42. The lowest BCUT2D eigenvalue weighted by Gasteiger charge is -2.08. The summed E-state index contributed by atoms with van der Waals surface area (Å²) >= 11 is 1.61. The van der Waals surface area contributed by atoms with Crippen LogP contribution in [0.15, 0.2) is 39.9 Å². The highest BCUT2D eigenvalue weighted by molar-refractivity contribution is 7.98. The number of thioether (sulfide) groups is 1. The first-order valence-electron chi connectivity index (χ1n) is 5.34. The fourth-order valence-corrected chi connectivity index (χ4v) is 2.24. The minimum absolute atomic E-state index is 0.649. The maximum Gasteiger partial charge on any atom is 0.146 e. The molecule has 0 fully saturated rings. The fraction of sp³-hybridized carbons (Fsp3) is 0.250. The molecular weight excluding hydrogens is 236 g/mol. The number of aromatic nitrogens is 1. The van der Waals surface area contributed by atoms with E-state index in [0.29, 0.717) is 12.4 Å². The van der Waals surface area contributed by atoms with Gasteiger partial charge in [0.25, 0.3) is 0 Å². The highest BCUT2D eigenvalue weighted by atomic mass is 32.2. The Kier molecular flexibility index (Phi) is 3.93. The maximum atomic E-state index is 5.90. The van der Waals surface area contributed by atoms with Crippen molar-refractivity contribution >= 4 is 17.4 Å². The van der Waals surface area contributed by atoms with Gasteiger partial charge in [-0.2, -0.15) is 0 Å². The molecule has 0 amide bonds. The zero-order valence-corrected chi connectivity index (χ0v) is 10.4. The van der Waals surface area contributed by atoms with Gasteiger partial charge in [0, 0.05) is 16.6 Å². The van der Waals surface area contributed by atoms with Crippen LogP contribution in [-0.2, 0) is 5.75 Å². The van der Waals surface area contributed by atoms with Crippen molar-refractivity contribution in [3.05, 3.63) is 36.2 Å². The number of anilines is 1. The van der Waals surface area contributed by atoms with E-state index in [9.17, 15) is 0 Å². The summed E-state index contributed by atoms with van der Waals surface area (Å²) in [5.41, 5.74) is 6.65. The molecule has 90 valence electrons. The van der Waals surface area contributed by atoms with Crippen molar-refractivity contribution in [1.29, 1.82) is 0 Å². The minimum atomic E-state index is 0.649. The summed E-state index contributed by atoms with van der Waals surface area (Å²) in [7, 11) is 0. The molecular formula is C12H14N2O2S.